The van der Waals surface area contributed by atoms with Crippen molar-refractivity contribution in [3.8, 4) is 0 Å². The summed E-state index contributed by atoms with van der Waals surface area (Å²) in [5.41, 5.74) is 7.01. The number of rotatable bonds is 8. The number of nitrogen functional groups attached to an aromatic ring is 1. The molecule has 0 spiro atoms. The zero-order chi connectivity index (χ0) is 24.4. The van der Waals surface area contributed by atoms with E-state index in [-0.39, 0.29) is 5.88 Å². The summed E-state index contributed by atoms with van der Waals surface area (Å²) in [6.07, 6.45) is 0.266. The van der Waals surface area contributed by atoms with E-state index in [9.17, 15) is 19.5 Å². The van der Waals surface area contributed by atoms with E-state index in [4.69, 9.17) is 10.5 Å². The molecular formula is C17H18N8O5S4. The third kappa shape index (κ3) is 4.86. The van der Waals surface area contributed by atoms with Crippen LogP contribution >= 0.6 is 46.6 Å². The van der Waals surface area contributed by atoms with Gasteiger partial charge in [-0.3, -0.25) is 14.5 Å². The van der Waals surface area contributed by atoms with Crippen LogP contribution in [0.5, 0.6) is 0 Å². The second kappa shape index (κ2) is 10.2. The molecule has 2 aromatic heterocycles. The maximum atomic E-state index is 13.0. The number of nitrogens with one attached hydrogen (secondary N) is 1. The van der Waals surface area contributed by atoms with Gasteiger partial charge in [0, 0.05) is 29.5 Å². The van der Waals surface area contributed by atoms with Crippen LogP contribution in [0.4, 0.5) is 9.93 Å². The van der Waals surface area contributed by atoms with E-state index in [2.05, 4.69) is 25.8 Å². The monoisotopic (exact) mass is 542 g/mol. The van der Waals surface area contributed by atoms with E-state index in [1.807, 2.05) is 0 Å². The number of carbonyl (C=O) groups excluding carboxylic acids is 2. The smallest absolute Gasteiger partial charge is 0.449 e. The quantitative estimate of drug-likeness (QED) is 0.187. The van der Waals surface area contributed by atoms with Gasteiger partial charge in [-0.15, -0.1) is 40.0 Å². The van der Waals surface area contributed by atoms with Crippen LogP contribution in [0.2, 0.25) is 0 Å². The zero-order valence-corrected chi connectivity index (χ0v) is 21.0. The minimum atomic E-state index is -1.53. The first kappa shape index (κ1) is 24.4. The molecule has 13 nitrogen and oxygen atoms in total. The van der Waals surface area contributed by atoms with Crippen molar-refractivity contribution < 1.29 is 24.2 Å². The maximum absolute atomic E-state index is 13.0. The fraction of sp³-hybridized carbons (Fsp3) is 0.353. The van der Waals surface area contributed by atoms with Crippen molar-refractivity contribution in [1.29, 1.82) is 0 Å². The number of anilines is 1. The molecule has 4 rings (SSSR count). The van der Waals surface area contributed by atoms with Gasteiger partial charge in [0.05, 0.1) is 11.3 Å². The molecule has 0 aliphatic carbocycles. The van der Waals surface area contributed by atoms with Gasteiger partial charge in [-0.25, -0.2) is 14.5 Å². The number of fused-ring (bicyclic) bond motifs is 1. The summed E-state index contributed by atoms with van der Waals surface area (Å²) in [6, 6.07) is -0.844. The summed E-state index contributed by atoms with van der Waals surface area (Å²) in [5, 5.41) is 26.8. The molecule has 2 aliphatic heterocycles. The molecule has 34 heavy (non-hydrogen) atoms. The van der Waals surface area contributed by atoms with E-state index >= 15 is 0 Å². The van der Waals surface area contributed by atoms with Gasteiger partial charge >= 0.3 is 6.16 Å². The molecule has 2 aromatic rings. The Kier molecular flexibility index (Phi) is 7.34. The molecule has 2 atom stereocenters. The third-order valence-corrected chi connectivity index (χ3v) is 8.28. The largest absolute Gasteiger partial charge is 0.512 e. The Morgan fingerprint density at radius 2 is 2.26 bits per heavy atom. The van der Waals surface area contributed by atoms with E-state index in [1.54, 1.807) is 24.1 Å². The molecule has 0 bridgehead atoms. The van der Waals surface area contributed by atoms with Crippen LogP contribution < -0.4 is 11.1 Å². The highest BCUT2D eigenvalue weighted by Gasteiger charge is 2.54. The first-order valence-electron chi connectivity index (χ1n) is 9.48. The Morgan fingerprint density at radius 3 is 2.88 bits per heavy atom. The lowest BCUT2D eigenvalue weighted by Gasteiger charge is -2.49. The number of tetrazole rings is 1. The van der Waals surface area contributed by atoms with Crippen molar-refractivity contribution >= 4 is 75.3 Å². The Morgan fingerprint density at radius 1 is 1.47 bits per heavy atom. The number of carbonyl (C=O) groups is 3. The maximum Gasteiger partial charge on any atom is 0.512 e. The SMILES string of the molecule is CSC=C(C(=O)NC1C(=O)N2C(OC(=O)O)=C(CSc3nnnn3C)CS[C@@H]12)c1csc(N)n1. The highest BCUT2D eigenvalue weighted by atomic mass is 32.2. The number of nitrogens with zero attached hydrogens (tertiary/aromatic N) is 6. The van der Waals surface area contributed by atoms with Gasteiger partial charge in [-0.05, 0) is 22.1 Å². The van der Waals surface area contributed by atoms with Crippen LogP contribution in [-0.4, -0.2) is 82.3 Å². The van der Waals surface area contributed by atoms with Crippen LogP contribution in [-0.2, 0) is 21.4 Å². The number of aryl methyl sites for hydroxylation is 1. The number of nitrogens with two attached hydrogens (primary N) is 1. The number of hydrogen-bond acceptors (Lipinski definition) is 13. The number of β-lactam (4-membered cyclic amide) rings is 1. The number of ether oxygens (including phenoxy) is 1. The Labute approximate surface area is 209 Å². The molecule has 4 N–H and O–H groups in total. The van der Waals surface area contributed by atoms with E-state index < -0.39 is 29.4 Å². The molecule has 180 valence electrons. The average molecular weight is 543 g/mol. The lowest BCUT2D eigenvalue weighted by Crippen LogP contribution is -2.70. The number of aromatic nitrogens is 5. The summed E-state index contributed by atoms with van der Waals surface area (Å²) in [7, 11) is 1.68. The second-order valence-electron chi connectivity index (χ2n) is 6.85. The summed E-state index contributed by atoms with van der Waals surface area (Å²) >= 11 is 5.22. The summed E-state index contributed by atoms with van der Waals surface area (Å²) in [5.74, 6) is -0.257. The normalized spacial score (nSPS) is 20.1. The highest BCUT2D eigenvalue weighted by Crippen LogP contribution is 2.42. The van der Waals surface area contributed by atoms with Crippen LogP contribution in [0.1, 0.15) is 5.69 Å². The fourth-order valence-corrected chi connectivity index (χ4v) is 6.51. The van der Waals surface area contributed by atoms with Crippen molar-refractivity contribution in [2.45, 2.75) is 16.6 Å². The number of carboxylic acid groups (broad SMARTS) is 1. The molecule has 1 saturated heterocycles. The van der Waals surface area contributed by atoms with Gasteiger partial charge in [0.25, 0.3) is 11.8 Å². The summed E-state index contributed by atoms with van der Waals surface area (Å²) in [4.78, 5) is 42.6. The minimum Gasteiger partial charge on any atom is -0.449 e. The first-order valence-corrected chi connectivity index (χ1v) is 13.7. The van der Waals surface area contributed by atoms with Crippen molar-refractivity contribution in [2.24, 2.45) is 7.05 Å². The lowest BCUT2D eigenvalue weighted by atomic mass is 10.1. The van der Waals surface area contributed by atoms with Crippen molar-refractivity contribution in [1.82, 2.24) is 35.4 Å². The fourth-order valence-electron chi connectivity index (χ4n) is 3.18. The second-order valence-corrected chi connectivity index (χ2v) is 10.5. The highest BCUT2D eigenvalue weighted by molar-refractivity contribution is 8.01. The molecular weight excluding hydrogens is 525 g/mol. The number of amides is 2. The first-order chi connectivity index (χ1) is 16.3. The Balaban J connectivity index is 1.50. The predicted octanol–water partition coefficient (Wildman–Crippen LogP) is 1.05. The van der Waals surface area contributed by atoms with Gasteiger partial charge in [-0.2, -0.15) is 0 Å². The van der Waals surface area contributed by atoms with Crippen molar-refractivity contribution in [3.63, 3.8) is 0 Å². The van der Waals surface area contributed by atoms with E-state index in [1.165, 1.54) is 56.2 Å². The molecule has 17 heteroatoms. The molecule has 0 radical (unpaired) electrons. The zero-order valence-electron chi connectivity index (χ0n) is 17.7. The van der Waals surface area contributed by atoms with Crippen LogP contribution in [0, 0.1) is 0 Å². The van der Waals surface area contributed by atoms with E-state index in [0.29, 0.717) is 38.6 Å². The molecule has 2 aliphatic rings. The standard InChI is InChI=1S/C17H18N8O5S4/c1-24-16(21-22-23-24)34-4-7-3-32-14-10(12(27)25(14)13(7)30-17(28)29)20-11(26)8(5-31-2)9-6-33-15(18)19-9/h5-6,10,14H,3-4H2,1-2H3,(H2,18,19)(H,20,26)(H,28,29)/t10?,14-/m0/s1. The summed E-state index contributed by atoms with van der Waals surface area (Å²) < 4.78 is 6.47. The number of hydrogen-bond donors (Lipinski definition) is 3. The number of thioether (sulfide) groups is 3. The summed E-state index contributed by atoms with van der Waals surface area (Å²) in [6.45, 7) is 0. The molecule has 1 fully saturated rings. The van der Waals surface area contributed by atoms with Crippen LogP contribution in [0.3, 0.4) is 0 Å². The Bertz CT molecular complexity index is 1190. The topological polar surface area (TPSA) is 178 Å². The lowest BCUT2D eigenvalue weighted by molar-refractivity contribution is -0.148. The number of thiazole rings is 1. The molecule has 0 aromatic carbocycles. The predicted molar refractivity (Wildman–Crippen MR) is 129 cm³/mol. The van der Waals surface area contributed by atoms with Gasteiger partial charge in [-0.1, -0.05) is 11.8 Å². The van der Waals surface area contributed by atoms with Gasteiger partial charge in [0.15, 0.2) is 5.13 Å². The third-order valence-electron chi connectivity index (χ3n) is 4.70. The van der Waals surface area contributed by atoms with E-state index in [0.717, 1.165) is 0 Å². The van der Waals surface area contributed by atoms with Gasteiger partial charge in [0.2, 0.25) is 11.0 Å². The molecule has 0 saturated carbocycles. The Hall–Kier alpha value is -2.76. The van der Waals surface area contributed by atoms with Gasteiger partial charge < -0.3 is 20.9 Å². The van der Waals surface area contributed by atoms with Crippen molar-refractivity contribution in [3.05, 3.63) is 27.9 Å². The minimum absolute atomic E-state index is 0.0402. The van der Waals surface area contributed by atoms with Gasteiger partial charge in [0.1, 0.15) is 11.4 Å². The van der Waals surface area contributed by atoms with Crippen LogP contribution in [0.25, 0.3) is 5.57 Å². The molecule has 1 unspecified atom stereocenters. The van der Waals surface area contributed by atoms with Crippen LogP contribution in [0.15, 0.2) is 27.4 Å². The molecule has 2 amide bonds. The van der Waals surface area contributed by atoms with Crippen molar-refractivity contribution in [2.75, 3.05) is 23.5 Å². The average Bonchev–Trinajstić information content (AvgIpc) is 3.41. The molecule has 4 heterocycles.